The summed E-state index contributed by atoms with van der Waals surface area (Å²) in [5, 5.41) is 3.44. The van der Waals surface area contributed by atoms with Gasteiger partial charge in [-0.15, -0.1) is 0 Å². The second kappa shape index (κ2) is 5.71. The molecule has 0 radical (unpaired) electrons. The Morgan fingerprint density at radius 2 is 2.21 bits per heavy atom. The Morgan fingerprint density at radius 3 is 2.95 bits per heavy atom. The number of rotatable bonds is 2. The van der Waals surface area contributed by atoms with E-state index in [9.17, 15) is 0 Å². The van der Waals surface area contributed by atoms with Crippen LogP contribution in [0.2, 0.25) is 0 Å². The molecule has 102 valence electrons. The average molecular weight is 278 g/mol. The van der Waals surface area contributed by atoms with Gasteiger partial charge >= 0.3 is 0 Å². The molecular formula is C13H18N4OS. The van der Waals surface area contributed by atoms with Gasteiger partial charge < -0.3 is 19.3 Å². The van der Waals surface area contributed by atoms with Gasteiger partial charge in [0.05, 0.1) is 31.1 Å². The quantitative estimate of drug-likeness (QED) is 0.836. The first-order valence-corrected chi connectivity index (χ1v) is 7.39. The Labute approximate surface area is 117 Å². The molecule has 0 saturated carbocycles. The van der Waals surface area contributed by atoms with Gasteiger partial charge in [0.1, 0.15) is 5.94 Å². The third-order valence-electron chi connectivity index (χ3n) is 3.21. The highest BCUT2D eigenvalue weighted by atomic mass is 32.2. The van der Waals surface area contributed by atoms with Crippen molar-refractivity contribution in [3.05, 3.63) is 24.3 Å². The average Bonchev–Trinajstić information content (AvgIpc) is 2.86. The highest BCUT2D eigenvalue weighted by Gasteiger charge is 2.18. The number of hydrogen-bond donors (Lipinski definition) is 1. The molecule has 0 spiro atoms. The SMILES string of the molecule is CN1CCN=C1Nc1ccccc1N1CCOCS1. The number of ether oxygens (including phenoxy) is 1. The summed E-state index contributed by atoms with van der Waals surface area (Å²) in [6.45, 7) is 3.54. The minimum atomic E-state index is 0.717. The van der Waals surface area contributed by atoms with Crippen LogP contribution in [0.4, 0.5) is 11.4 Å². The van der Waals surface area contributed by atoms with E-state index in [0.717, 1.165) is 43.8 Å². The molecule has 0 bridgehead atoms. The van der Waals surface area contributed by atoms with Gasteiger partial charge in [-0.3, -0.25) is 4.99 Å². The number of anilines is 2. The van der Waals surface area contributed by atoms with Crippen molar-refractivity contribution in [2.75, 3.05) is 48.8 Å². The summed E-state index contributed by atoms with van der Waals surface area (Å²) < 4.78 is 7.66. The summed E-state index contributed by atoms with van der Waals surface area (Å²) in [7, 11) is 2.06. The van der Waals surface area contributed by atoms with Crippen molar-refractivity contribution < 1.29 is 4.74 Å². The summed E-state index contributed by atoms with van der Waals surface area (Å²) in [4.78, 5) is 6.62. The van der Waals surface area contributed by atoms with E-state index in [4.69, 9.17) is 4.74 Å². The lowest BCUT2D eigenvalue weighted by Crippen LogP contribution is -2.31. The van der Waals surface area contributed by atoms with Crippen molar-refractivity contribution in [1.29, 1.82) is 0 Å². The van der Waals surface area contributed by atoms with Crippen LogP contribution in [0.1, 0.15) is 0 Å². The highest BCUT2D eigenvalue weighted by Crippen LogP contribution is 2.32. The van der Waals surface area contributed by atoms with Gasteiger partial charge in [-0.1, -0.05) is 12.1 Å². The molecule has 2 aliphatic rings. The topological polar surface area (TPSA) is 40.1 Å². The molecule has 2 heterocycles. The van der Waals surface area contributed by atoms with Crippen LogP contribution >= 0.6 is 11.9 Å². The first-order chi connectivity index (χ1) is 9.34. The monoisotopic (exact) mass is 278 g/mol. The molecule has 5 nitrogen and oxygen atoms in total. The number of nitrogens with zero attached hydrogens (tertiary/aromatic N) is 3. The number of para-hydroxylation sites is 2. The van der Waals surface area contributed by atoms with E-state index < -0.39 is 0 Å². The second-order valence-electron chi connectivity index (χ2n) is 4.53. The summed E-state index contributed by atoms with van der Waals surface area (Å²) in [6, 6.07) is 8.35. The van der Waals surface area contributed by atoms with Crippen molar-refractivity contribution in [3.8, 4) is 0 Å². The van der Waals surface area contributed by atoms with E-state index >= 15 is 0 Å². The largest absolute Gasteiger partial charge is 0.367 e. The Bertz CT molecular complexity index is 473. The molecule has 0 amide bonds. The Balaban J connectivity index is 1.80. The normalized spacial score (nSPS) is 19.5. The Morgan fingerprint density at radius 1 is 1.32 bits per heavy atom. The van der Waals surface area contributed by atoms with Gasteiger partial charge in [0, 0.05) is 13.6 Å². The van der Waals surface area contributed by atoms with Crippen molar-refractivity contribution >= 4 is 29.3 Å². The molecule has 1 N–H and O–H groups in total. The zero-order valence-corrected chi connectivity index (χ0v) is 11.8. The molecule has 0 aliphatic carbocycles. The van der Waals surface area contributed by atoms with Crippen LogP contribution in [-0.4, -0.2) is 50.1 Å². The van der Waals surface area contributed by atoms with E-state index in [1.807, 2.05) is 6.07 Å². The molecule has 3 rings (SSSR count). The zero-order chi connectivity index (χ0) is 13.1. The van der Waals surface area contributed by atoms with Crippen LogP contribution in [0.5, 0.6) is 0 Å². The fourth-order valence-electron chi connectivity index (χ4n) is 2.15. The molecule has 1 aromatic rings. The van der Waals surface area contributed by atoms with Gasteiger partial charge in [0.25, 0.3) is 0 Å². The lowest BCUT2D eigenvalue weighted by Gasteiger charge is -2.29. The van der Waals surface area contributed by atoms with Gasteiger partial charge in [0.15, 0.2) is 5.96 Å². The van der Waals surface area contributed by atoms with Crippen molar-refractivity contribution in [1.82, 2.24) is 4.90 Å². The van der Waals surface area contributed by atoms with Gasteiger partial charge in [-0.05, 0) is 24.1 Å². The Kier molecular flexibility index (Phi) is 3.79. The molecule has 0 atom stereocenters. The van der Waals surface area contributed by atoms with Crippen LogP contribution in [0.3, 0.4) is 0 Å². The van der Waals surface area contributed by atoms with Crippen LogP contribution in [0, 0.1) is 0 Å². The maximum absolute atomic E-state index is 5.38. The second-order valence-corrected chi connectivity index (χ2v) is 5.46. The van der Waals surface area contributed by atoms with Crippen molar-refractivity contribution in [3.63, 3.8) is 0 Å². The number of nitrogens with one attached hydrogen (secondary N) is 1. The van der Waals surface area contributed by atoms with Crippen LogP contribution < -0.4 is 9.62 Å². The number of guanidine groups is 1. The number of hydrogen-bond acceptors (Lipinski definition) is 6. The maximum atomic E-state index is 5.38. The lowest BCUT2D eigenvalue weighted by molar-refractivity contribution is 0.185. The van der Waals surface area contributed by atoms with E-state index in [0.29, 0.717) is 0 Å². The summed E-state index contributed by atoms with van der Waals surface area (Å²) in [5.74, 6) is 1.67. The van der Waals surface area contributed by atoms with Crippen molar-refractivity contribution in [2.24, 2.45) is 4.99 Å². The van der Waals surface area contributed by atoms with Crippen molar-refractivity contribution in [2.45, 2.75) is 0 Å². The Hall–Kier alpha value is -1.40. The van der Waals surface area contributed by atoms with Crippen LogP contribution in [0.15, 0.2) is 29.3 Å². The number of aliphatic imine (C=N–C) groups is 1. The molecule has 6 heteroatoms. The first-order valence-electron chi connectivity index (χ1n) is 6.44. The predicted octanol–water partition coefficient (Wildman–Crippen LogP) is 1.84. The summed E-state index contributed by atoms with van der Waals surface area (Å²) >= 11 is 1.71. The highest BCUT2D eigenvalue weighted by molar-refractivity contribution is 8.00. The predicted molar refractivity (Wildman–Crippen MR) is 80.8 cm³/mol. The molecule has 19 heavy (non-hydrogen) atoms. The molecule has 0 aromatic heterocycles. The van der Waals surface area contributed by atoms with E-state index in [2.05, 4.69) is 44.8 Å². The molecule has 1 saturated heterocycles. The van der Waals surface area contributed by atoms with Gasteiger partial charge in [0.2, 0.25) is 0 Å². The maximum Gasteiger partial charge on any atom is 0.198 e. The lowest BCUT2D eigenvalue weighted by atomic mass is 10.2. The molecule has 1 fully saturated rings. The third kappa shape index (κ3) is 2.79. The van der Waals surface area contributed by atoms with E-state index in [1.54, 1.807) is 11.9 Å². The molecule has 0 unspecified atom stereocenters. The number of benzene rings is 1. The molecule has 2 aliphatic heterocycles. The molecule has 1 aromatic carbocycles. The first kappa shape index (κ1) is 12.6. The number of likely N-dealkylation sites (N-methyl/N-ethyl adjacent to an activating group) is 1. The van der Waals surface area contributed by atoms with Crippen LogP contribution in [0.25, 0.3) is 0 Å². The fourth-order valence-corrected chi connectivity index (χ4v) is 2.97. The standard InChI is InChI=1S/C13H18N4OS/c1-16-7-6-14-13(16)15-11-4-2-3-5-12(11)17-8-9-18-10-19-17/h2-5H,6-10H2,1H3,(H,14,15). The van der Waals surface area contributed by atoms with Gasteiger partial charge in [-0.2, -0.15) is 0 Å². The van der Waals surface area contributed by atoms with Crippen LogP contribution in [-0.2, 0) is 4.74 Å². The van der Waals surface area contributed by atoms with E-state index in [1.165, 1.54) is 5.69 Å². The fraction of sp³-hybridized carbons (Fsp3) is 0.462. The third-order valence-corrected chi connectivity index (χ3v) is 4.17. The van der Waals surface area contributed by atoms with Gasteiger partial charge in [-0.25, -0.2) is 0 Å². The minimum Gasteiger partial charge on any atom is -0.367 e. The minimum absolute atomic E-state index is 0.717. The molecular weight excluding hydrogens is 260 g/mol. The zero-order valence-electron chi connectivity index (χ0n) is 11.0. The summed E-state index contributed by atoms with van der Waals surface area (Å²) in [6.07, 6.45) is 0. The van der Waals surface area contributed by atoms with E-state index in [-0.39, 0.29) is 0 Å². The smallest absolute Gasteiger partial charge is 0.198 e. The summed E-state index contributed by atoms with van der Waals surface area (Å²) in [5.41, 5.74) is 2.29.